The minimum atomic E-state index is 0.186. The number of anilines is 1. The maximum absolute atomic E-state index is 4.20. The van der Waals surface area contributed by atoms with Crippen molar-refractivity contribution in [2.24, 2.45) is 0 Å². The molecule has 1 aliphatic heterocycles. The molecule has 3 heterocycles. The van der Waals surface area contributed by atoms with Crippen molar-refractivity contribution in [3.63, 3.8) is 0 Å². The average molecular weight is 323 g/mol. The highest BCUT2D eigenvalue weighted by Crippen LogP contribution is 2.50. The minimum absolute atomic E-state index is 0.186. The molecule has 0 amide bonds. The van der Waals surface area contributed by atoms with Crippen LogP contribution in [0.3, 0.4) is 0 Å². The molecule has 1 aliphatic rings. The summed E-state index contributed by atoms with van der Waals surface area (Å²) in [6, 6.07) is 21.6. The van der Waals surface area contributed by atoms with Crippen LogP contribution in [0, 0.1) is 0 Å². The van der Waals surface area contributed by atoms with Gasteiger partial charge in [0.2, 0.25) is 0 Å². The van der Waals surface area contributed by atoms with Crippen molar-refractivity contribution in [2.45, 2.75) is 12.0 Å². The fraction of sp³-hybridized carbons (Fsp3) is 0.0909. The van der Waals surface area contributed by atoms with Crippen LogP contribution in [0.5, 0.6) is 0 Å². The first-order valence-electron chi connectivity index (χ1n) is 8.50. The first kappa shape index (κ1) is 14.2. The molecule has 2 aromatic heterocycles. The van der Waals surface area contributed by atoms with Crippen LogP contribution in [0.4, 0.5) is 5.69 Å². The Hall–Kier alpha value is -3.20. The third-order valence-corrected chi connectivity index (χ3v) is 5.06. The van der Waals surface area contributed by atoms with E-state index in [9.17, 15) is 0 Å². The summed E-state index contributed by atoms with van der Waals surface area (Å²) in [6.07, 6.45) is 7.48. The van der Waals surface area contributed by atoms with E-state index >= 15 is 0 Å². The molecule has 4 aromatic rings. The van der Waals surface area contributed by atoms with Crippen molar-refractivity contribution in [1.82, 2.24) is 9.97 Å². The van der Waals surface area contributed by atoms with Crippen LogP contribution in [0.2, 0.25) is 0 Å². The quantitative estimate of drug-likeness (QED) is 0.568. The van der Waals surface area contributed by atoms with Gasteiger partial charge in [0, 0.05) is 36.4 Å². The molecule has 0 spiro atoms. The number of benzene rings is 2. The SMILES string of the molecule is c1ccc2c3c(ccc2c1)N[C@H](c1ccncc1)[C@H]3c1ccncc1. The van der Waals surface area contributed by atoms with E-state index in [0.29, 0.717) is 0 Å². The fourth-order valence-electron chi connectivity index (χ4n) is 3.95. The van der Waals surface area contributed by atoms with Crippen molar-refractivity contribution in [3.05, 3.63) is 102 Å². The van der Waals surface area contributed by atoms with Gasteiger partial charge in [0.1, 0.15) is 0 Å². The molecule has 3 nitrogen and oxygen atoms in total. The zero-order valence-corrected chi connectivity index (χ0v) is 13.6. The standard InChI is InChI=1S/C22H17N3/c1-2-4-18-15(3-1)5-6-19-21(18)20(16-7-11-23-12-8-16)22(25-19)17-9-13-24-14-10-17/h1-14,20,22,25H/t20-,22+/m0/s1. The van der Waals surface area contributed by atoms with E-state index in [2.05, 4.69) is 75.9 Å². The van der Waals surface area contributed by atoms with Crippen LogP contribution >= 0.6 is 0 Å². The van der Waals surface area contributed by atoms with Gasteiger partial charge in [-0.25, -0.2) is 0 Å². The molecule has 0 radical (unpaired) electrons. The Balaban J connectivity index is 1.77. The van der Waals surface area contributed by atoms with E-state index in [0.717, 1.165) is 0 Å². The highest BCUT2D eigenvalue weighted by Gasteiger charge is 2.35. The van der Waals surface area contributed by atoms with Crippen LogP contribution in [0.15, 0.2) is 85.5 Å². The molecule has 25 heavy (non-hydrogen) atoms. The monoisotopic (exact) mass is 323 g/mol. The third-order valence-electron chi connectivity index (χ3n) is 5.06. The van der Waals surface area contributed by atoms with E-state index in [1.54, 1.807) is 0 Å². The van der Waals surface area contributed by atoms with Gasteiger partial charge in [0.05, 0.1) is 6.04 Å². The highest BCUT2D eigenvalue weighted by molar-refractivity contribution is 5.93. The summed E-state index contributed by atoms with van der Waals surface area (Å²) in [6.45, 7) is 0. The van der Waals surface area contributed by atoms with Crippen molar-refractivity contribution < 1.29 is 0 Å². The van der Waals surface area contributed by atoms with Crippen molar-refractivity contribution in [2.75, 3.05) is 5.32 Å². The summed E-state index contributed by atoms with van der Waals surface area (Å²) >= 11 is 0. The van der Waals surface area contributed by atoms with E-state index in [-0.39, 0.29) is 12.0 Å². The van der Waals surface area contributed by atoms with Gasteiger partial charge in [-0.3, -0.25) is 9.97 Å². The van der Waals surface area contributed by atoms with Crippen LogP contribution in [0.1, 0.15) is 28.7 Å². The molecule has 2 atom stereocenters. The second-order valence-electron chi connectivity index (χ2n) is 6.41. The molecule has 0 unspecified atom stereocenters. The number of hydrogen-bond donors (Lipinski definition) is 1. The molecule has 0 saturated heterocycles. The Morgan fingerprint density at radius 3 is 2.12 bits per heavy atom. The molecule has 1 N–H and O–H groups in total. The second-order valence-corrected chi connectivity index (χ2v) is 6.41. The molecular weight excluding hydrogens is 306 g/mol. The predicted molar refractivity (Wildman–Crippen MR) is 101 cm³/mol. The van der Waals surface area contributed by atoms with E-state index in [1.807, 2.05) is 24.8 Å². The zero-order chi connectivity index (χ0) is 16.6. The Morgan fingerprint density at radius 1 is 0.680 bits per heavy atom. The molecule has 0 aliphatic carbocycles. The number of hydrogen-bond acceptors (Lipinski definition) is 3. The smallest absolute Gasteiger partial charge is 0.0625 e. The number of rotatable bonds is 2. The lowest BCUT2D eigenvalue weighted by atomic mass is 9.83. The van der Waals surface area contributed by atoms with E-state index in [4.69, 9.17) is 0 Å². The maximum atomic E-state index is 4.20. The van der Waals surface area contributed by atoms with Crippen LogP contribution in [-0.4, -0.2) is 9.97 Å². The summed E-state index contributed by atoms with van der Waals surface area (Å²) in [5.74, 6) is 0.242. The fourth-order valence-corrected chi connectivity index (χ4v) is 3.95. The largest absolute Gasteiger partial charge is 0.377 e. The Labute approximate surface area is 146 Å². The van der Waals surface area contributed by atoms with Gasteiger partial charge in [0.15, 0.2) is 0 Å². The molecule has 0 saturated carbocycles. The molecule has 120 valence electrons. The number of aromatic nitrogens is 2. The van der Waals surface area contributed by atoms with Crippen molar-refractivity contribution >= 4 is 16.5 Å². The van der Waals surface area contributed by atoms with Gasteiger partial charge >= 0.3 is 0 Å². The Bertz CT molecular complexity index is 1030. The zero-order valence-electron chi connectivity index (χ0n) is 13.6. The summed E-state index contributed by atoms with van der Waals surface area (Å²) in [4.78, 5) is 8.38. The van der Waals surface area contributed by atoms with Gasteiger partial charge in [-0.15, -0.1) is 0 Å². The molecule has 0 bridgehead atoms. The number of nitrogens with one attached hydrogen (secondary N) is 1. The first-order chi connectivity index (χ1) is 12.4. The van der Waals surface area contributed by atoms with Crippen LogP contribution in [-0.2, 0) is 0 Å². The lowest BCUT2D eigenvalue weighted by Gasteiger charge is -2.22. The molecule has 5 rings (SSSR count). The lowest BCUT2D eigenvalue weighted by Crippen LogP contribution is -2.13. The van der Waals surface area contributed by atoms with Gasteiger partial charge in [-0.1, -0.05) is 30.3 Å². The lowest BCUT2D eigenvalue weighted by molar-refractivity contribution is 0.714. The molecular formula is C22H17N3. The second kappa shape index (κ2) is 5.71. The summed E-state index contributed by atoms with van der Waals surface area (Å²) in [7, 11) is 0. The first-order valence-corrected chi connectivity index (χ1v) is 8.50. The average Bonchev–Trinajstić information content (AvgIpc) is 3.09. The minimum Gasteiger partial charge on any atom is -0.377 e. The van der Waals surface area contributed by atoms with Gasteiger partial charge in [-0.2, -0.15) is 0 Å². The van der Waals surface area contributed by atoms with Gasteiger partial charge in [0.25, 0.3) is 0 Å². The Kier molecular flexibility index (Phi) is 3.23. The topological polar surface area (TPSA) is 37.8 Å². The van der Waals surface area contributed by atoms with E-state index in [1.165, 1.54) is 33.2 Å². The summed E-state index contributed by atoms with van der Waals surface area (Å²) < 4.78 is 0. The normalized spacial score (nSPS) is 18.7. The van der Waals surface area contributed by atoms with Crippen molar-refractivity contribution in [3.8, 4) is 0 Å². The third kappa shape index (κ3) is 2.28. The summed E-state index contributed by atoms with van der Waals surface area (Å²) in [5.41, 5.74) is 5.10. The van der Waals surface area contributed by atoms with Crippen LogP contribution in [0.25, 0.3) is 10.8 Å². The predicted octanol–water partition coefficient (Wildman–Crippen LogP) is 4.93. The van der Waals surface area contributed by atoms with Crippen LogP contribution < -0.4 is 5.32 Å². The van der Waals surface area contributed by atoms with E-state index < -0.39 is 0 Å². The Morgan fingerprint density at radius 2 is 1.36 bits per heavy atom. The maximum Gasteiger partial charge on any atom is 0.0625 e. The molecule has 2 aromatic carbocycles. The summed E-state index contributed by atoms with van der Waals surface area (Å²) in [5, 5.41) is 6.33. The highest BCUT2D eigenvalue weighted by atomic mass is 15.0. The number of nitrogens with zero attached hydrogens (tertiary/aromatic N) is 2. The number of pyridine rings is 2. The molecule has 3 heteroatoms. The number of fused-ring (bicyclic) bond motifs is 3. The van der Waals surface area contributed by atoms with Gasteiger partial charge in [-0.05, 0) is 57.8 Å². The van der Waals surface area contributed by atoms with Gasteiger partial charge < -0.3 is 5.32 Å². The molecule has 0 fully saturated rings. The van der Waals surface area contributed by atoms with Crippen molar-refractivity contribution in [1.29, 1.82) is 0 Å².